The summed E-state index contributed by atoms with van der Waals surface area (Å²) in [6.07, 6.45) is 11.0. The smallest absolute Gasteiger partial charge is 0.233 e. The predicted octanol–water partition coefficient (Wildman–Crippen LogP) is 0.981. The monoisotopic (exact) mass is 209 g/mol. The molecule has 1 aliphatic carbocycles. The Hall–Kier alpha value is -1.16. The van der Waals surface area contributed by atoms with Crippen LogP contribution in [0.3, 0.4) is 0 Å². The molecule has 1 heterocycles. The Labute approximate surface area is 85.2 Å². The standard InChI is InChI=1S/C10H11NO2S/c12-10-7-9(14(13)11-10)8-5-3-1-2-4-6-8/h1-3,5-6,9H,4,7H2,(H,11,12). The van der Waals surface area contributed by atoms with Crippen LogP contribution in [0.4, 0.5) is 0 Å². The van der Waals surface area contributed by atoms with Crippen molar-refractivity contribution in [3.8, 4) is 0 Å². The maximum absolute atomic E-state index is 11.5. The van der Waals surface area contributed by atoms with Gasteiger partial charge in [-0.3, -0.25) is 9.52 Å². The minimum atomic E-state index is -1.24. The molecule has 1 amide bonds. The lowest BCUT2D eigenvalue weighted by atomic mass is 10.1. The van der Waals surface area contributed by atoms with Crippen LogP contribution in [0.15, 0.2) is 36.0 Å². The fourth-order valence-corrected chi connectivity index (χ4v) is 2.72. The molecule has 0 radical (unpaired) electrons. The summed E-state index contributed by atoms with van der Waals surface area (Å²) in [4.78, 5) is 11.0. The first-order valence-electron chi connectivity index (χ1n) is 4.50. The summed E-state index contributed by atoms with van der Waals surface area (Å²) in [6.45, 7) is 0. The van der Waals surface area contributed by atoms with Gasteiger partial charge in [0.25, 0.3) is 0 Å². The zero-order valence-electron chi connectivity index (χ0n) is 7.60. The zero-order chi connectivity index (χ0) is 9.97. The Morgan fingerprint density at radius 2 is 2.29 bits per heavy atom. The maximum atomic E-state index is 11.5. The van der Waals surface area contributed by atoms with Gasteiger partial charge in [0.1, 0.15) is 11.0 Å². The van der Waals surface area contributed by atoms with Crippen LogP contribution in [-0.4, -0.2) is 15.4 Å². The molecule has 0 aromatic rings. The molecule has 0 aromatic carbocycles. The fraction of sp³-hybridized carbons (Fsp3) is 0.300. The first kappa shape index (κ1) is 9.40. The number of amides is 1. The van der Waals surface area contributed by atoms with Gasteiger partial charge in [-0.15, -0.1) is 0 Å². The molecule has 1 aliphatic heterocycles. The predicted molar refractivity (Wildman–Crippen MR) is 55.7 cm³/mol. The Morgan fingerprint density at radius 1 is 1.43 bits per heavy atom. The van der Waals surface area contributed by atoms with E-state index in [1.165, 1.54) is 0 Å². The van der Waals surface area contributed by atoms with Gasteiger partial charge >= 0.3 is 0 Å². The van der Waals surface area contributed by atoms with Crippen LogP contribution in [0, 0.1) is 0 Å². The lowest BCUT2D eigenvalue weighted by molar-refractivity contribution is -0.118. The number of hydrogen-bond donors (Lipinski definition) is 1. The number of nitrogens with one attached hydrogen (secondary N) is 1. The average Bonchev–Trinajstić information content (AvgIpc) is 2.43. The molecule has 2 atom stereocenters. The Balaban J connectivity index is 2.19. The van der Waals surface area contributed by atoms with E-state index in [1.54, 1.807) is 0 Å². The van der Waals surface area contributed by atoms with Crippen molar-refractivity contribution in [2.45, 2.75) is 18.1 Å². The van der Waals surface area contributed by atoms with Crippen molar-refractivity contribution in [1.82, 2.24) is 4.72 Å². The molecule has 2 unspecified atom stereocenters. The first-order valence-corrected chi connectivity index (χ1v) is 5.72. The highest BCUT2D eigenvalue weighted by Gasteiger charge is 2.31. The van der Waals surface area contributed by atoms with Gasteiger partial charge < -0.3 is 0 Å². The number of rotatable bonds is 1. The summed E-state index contributed by atoms with van der Waals surface area (Å²) in [5, 5.41) is -0.168. The van der Waals surface area contributed by atoms with Gasteiger partial charge in [-0.25, -0.2) is 4.21 Å². The Kier molecular flexibility index (Phi) is 2.63. The van der Waals surface area contributed by atoms with E-state index in [1.807, 2.05) is 30.4 Å². The molecule has 0 saturated carbocycles. The van der Waals surface area contributed by atoms with Crippen molar-refractivity contribution >= 4 is 16.9 Å². The average molecular weight is 209 g/mol. The van der Waals surface area contributed by atoms with Crippen LogP contribution in [0.5, 0.6) is 0 Å². The largest absolute Gasteiger partial charge is 0.275 e. The lowest BCUT2D eigenvalue weighted by Crippen LogP contribution is -2.18. The first-order chi connectivity index (χ1) is 6.77. The molecule has 0 bridgehead atoms. The molecule has 4 heteroatoms. The number of carbonyl (C=O) groups is 1. The summed E-state index contributed by atoms with van der Waals surface area (Å²) in [5.41, 5.74) is 0.992. The quantitative estimate of drug-likeness (QED) is 0.699. The van der Waals surface area contributed by atoms with E-state index < -0.39 is 11.0 Å². The van der Waals surface area contributed by atoms with Crippen LogP contribution in [0.25, 0.3) is 0 Å². The molecule has 0 aromatic heterocycles. The van der Waals surface area contributed by atoms with E-state index in [0.29, 0.717) is 6.42 Å². The van der Waals surface area contributed by atoms with Crippen LogP contribution < -0.4 is 4.72 Å². The highest BCUT2D eigenvalue weighted by atomic mass is 32.2. The van der Waals surface area contributed by atoms with Gasteiger partial charge in [-0.1, -0.05) is 30.4 Å². The Morgan fingerprint density at radius 3 is 3.00 bits per heavy atom. The van der Waals surface area contributed by atoms with Crippen molar-refractivity contribution in [3.63, 3.8) is 0 Å². The Bertz CT molecular complexity index is 368. The van der Waals surface area contributed by atoms with Gasteiger partial charge in [0, 0.05) is 6.42 Å². The molecule has 14 heavy (non-hydrogen) atoms. The second-order valence-electron chi connectivity index (χ2n) is 3.24. The van der Waals surface area contributed by atoms with Crippen molar-refractivity contribution in [3.05, 3.63) is 36.0 Å². The normalized spacial score (nSPS) is 31.1. The number of carbonyl (C=O) groups excluding carboxylic acids is 1. The van der Waals surface area contributed by atoms with Crippen molar-refractivity contribution in [2.75, 3.05) is 0 Å². The van der Waals surface area contributed by atoms with Crippen molar-refractivity contribution in [1.29, 1.82) is 0 Å². The third kappa shape index (κ3) is 1.85. The minimum absolute atomic E-state index is 0.125. The van der Waals surface area contributed by atoms with Gasteiger partial charge in [0.15, 0.2) is 0 Å². The molecular weight excluding hydrogens is 198 g/mol. The fourth-order valence-electron chi connectivity index (χ4n) is 1.55. The van der Waals surface area contributed by atoms with Crippen LogP contribution >= 0.6 is 0 Å². The summed E-state index contributed by atoms with van der Waals surface area (Å²) in [5.74, 6) is -0.125. The minimum Gasteiger partial charge on any atom is -0.275 e. The van der Waals surface area contributed by atoms with Gasteiger partial charge in [-0.2, -0.15) is 0 Å². The van der Waals surface area contributed by atoms with Crippen molar-refractivity contribution in [2.24, 2.45) is 0 Å². The third-order valence-electron chi connectivity index (χ3n) is 2.24. The van der Waals surface area contributed by atoms with Gasteiger partial charge in [-0.05, 0) is 12.0 Å². The van der Waals surface area contributed by atoms with E-state index in [2.05, 4.69) is 4.72 Å². The molecule has 2 rings (SSSR count). The number of hydrogen-bond acceptors (Lipinski definition) is 2. The van der Waals surface area contributed by atoms with Crippen LogP contribution in [-0.2, 0) is 15.8 Å². The molecule has 74 valence electrons. The zero-order valence-corrected chi connectivity index (χ0v) is 8.42. The molecule has 1 N–H and O–H groups in total. The third-order valence-corrected chi connectivity index (χ3v) is 3.63. The highest BCUT2D eigenvalue weighted by molar-refractivity contribution is 7.85. The molecule has 1 saturated heterocycles. The van der Waals surface area contributed by atoms with E-state index in [0.717, 1.165) is 12.0 Å². The van der Waals surface area contributed by atoms with E-state index in [4.69, 9.17) is 0 Å². The second-order valence-corrected chi connectivity index (χ2v) is 4.61. The molecule has 3 nitrogen and oxygen atoms in total. The van der Waals surface area contributed by atoms with E-state index in [-0.39, 0.29) is 11.2 Å². The van der Waals surface area contributed by atoms with Crippen LogP contribution in [0.1, 0.15) is 12.8 Å². The SMILES string of the molecule is O=C1CC(C2=CCC=CC=C2)S(=O)N1. The summed E-state index contributed by atoms with van der Waals surface area (Å²) >= 11 is 0. The van der Waals surface area contributed by atoms with Gasteiger partial charge in [0.2, 0.25) is 5.91 Å². The van der Waals surface area contributed by atoms with Crippen LogP contribution in [0.2, 0.25) is 0 Å². The summed E-state index contributed by atoms with van der Waals surface area (Å²) in [7, 11) is -1.24. The van der Waals surface area contributed by atoms with Gasteiger partial charge in [0.05, 0.1) is 5.25 Å². The van der Waals surface area contributed by atoms with E-state index in [9.17, 15) is 9.00 Å². The highest BCUT2D eigenvalue weighted by Crippen LogP contribution is 2.20. The maximum Gasteiger partial charge on any atom is 0.233 e. The number of allylic oxidation sites excluding steroid dienone is 5. The van der Waals surface area contributed by atoms with E-state index >= 15 is 0 Å². The summed E-state index contributed by atoms with van der Waals surface area (Å²) < 4.78 is 13.9. The molecule has 2 aliphatic rings. The second kappa shape index (κ2) is 3.92. The molecular formula is C10H11NO2S. The van der Waals surface area contributed by atoms with Crippen molar-refractivity contribution < 1.29 is 9.00 Å². The topological polar surface area (TPSA) is 46.2 Å². The lowest BCUT2D eigenvalue weighted by Gasteiger charge is -2.06. The molecule has 0 spiro atoms. The molecule has 1 fully saturated rings. The summed E-state index contributed by atoms with van der Waals surface area (Å²) in [6, 6.07) is 0.